The highest BCUT2D eigenvalue weighted by molar-refractivity contribution is 6.01. The molecular weight excluding hydrogens is 359 g/mol. The van der Waals surface area contributed by atoms with E-state index in [-0.39, 0.29) is 25.9 Å². The van der Waals surface area contributed by atoms with Gasteiger partial charge >= 0.3 is 12.0 Å². The Labute approximate surface area is 145 Å². The molecule has 11 heteroatoms. The molecule has 26 heavy (non-hydrogen) atoms. The van der Waals surface area contributed by atoms with Gasteiger partial charge < -0.3 is 15.4 Å². The molecule has 4 amide bonds. The van der Waals surface area contributed by atoms with Crippen molar-refractivity contribution < 1.29 is 37.1 Å². The number of halogens is 3. The van der Waals surface area contributed by atoms with Crippen molar-refractivity contribution in [2.75, 3.05) is 25.0 Å². The first-order valence-corrected chi connectivity index (χ1v) is 7.46. The summed E-state index contributed by atoms with van der Waals surface area (Å²) in [5.41, 5.74) is -0.594. The van der Waals surface area contributed by atoms with Crippen LogP contribution in [0.5, 0.6) is 0 Å². The van der Waals surface area contributed by atoms with Crippen molar-refractivity contribution in [3.63, 3.8) is 0 Å². The number of amides is 4. The number of benzene rings is 1. The van der Waals surface area contributed by atoms with Gasteiger partial charge in [0.15, 0.2) is 24.1 Å². The summed E-state index contributed by atoms with van der Waals surface area (Å²) in [5.74, 6) is -6.85. The Hall–Kier alpha value is -3.11. The number of rotatable bonds is 7. The van der Waals surface area contributed by atoms with Crippen LogP contribution in [0.2, 0.25) is 0 Å². The van der Waals surface area contributed by atoms with E-state index in [1.807, 2.05) is 5.32 Å². The minimum absolute atomic E-state index is 0.0199. The third kappa shape index (κ3) is 4.71. The molecule has 0 aromatic heterocycles. The predicted molar refractivity (Wildman–Crippen MR) is 80.3 cm³/mol. The Balaban J connectivity index is 1.72. The van der Waals surface area contributed by atoms with Gasteiger partial charge in [-0.2, -0.15) is 0 Å². The van der Waals surface area contributed by atoms with Gasteiger partial charge in [0.25, 0.3) is 5.91 Å². The fraction of sp³-hybridized carbons (Fsp3) is 0.333. The molecule has 1 saturated heterocycles. The summed E-state index contributed by atoms with van der Waals surface area (Å²) >= 11 is 0. The number of ether oxygens (including phenoxy) is 1. The average Bonchev–Trinajstić information content (AvgIpc) is 2.92. The Morgan fingerprint density at radius 2 is 1.92 bits per heavy atom. The van der Waals surface area contributed by atoms with E-state index in [0.717, 1.165) is 11.0 Å². The molecule has 0 saturated carbocycles. The van der Waals surface area contributed by atoms with Crippen LogP contribution in [0, 0.1) is 17.5 Å². The van der Waals surface area contributed by atoms with Crippen molar-refractivity contribution in [3.05, 3.63) is 29.6 Å². The van der Waals surface area contributed by atoms with E-state index in [2.05, 4.69) is 10.1 Å². The van der Waals surface area contributed by atoms with Crippen molar-refractivity contribution >= 4 is 29.5 Å². The smallest absolute Gasteiger partial charge is 0.324 e. The van der Waals surface area contributed by atoms with Crippen molar-refractivity contribution in [2.24, 2.45) is 0 Å². The lowest BCUT2D eigenvalue weighted by Crippen LogP contribution is -2.32. The van der Waals surface area contributed by atoms with Gasteiger partial charge in [-0.3, -0.25) is 19.3 Å². The zero-order chi connectivity index (χ0) is 19.3. The van der Waals surface area contributed by atoms with E-state index >= 15 is 0 Å². The maximum absolute atomic E-state index is 13.4. The molecule has 1 aromatic rings. The highest BCUT2D eigenvalue weighted by Gasteiger charge is 2.27. The third-order valence-corrected chi connectivity index (χ3v) is 3.37. The van der Waals surface area contributed by atoms with Crippen LogP contribution in [0.25, 0.3) is 0 Å². The highest BCUT2D eigenvalue weighted by Crippen LogP contribution is 2.19. The number of esters is 1. The first-order valence-electron chi connectivity index (χ1n) is 7.46. The van der Waals surface area contributed by atoms with Crippen molar-refractivity contribution in [2.45, 2.75) is 12.8 Å². The summed E-state index contributed by atoms with van der Waals surface area (Å²) < 4.78 is 43.9. The zero-order valence-electron chi connectivity index (χ0n) is 13.3. The van der Waals surface area contributed by atoms with Gasteiger partial charge in [0.1, 0.15) is 0 Å². The second-order valence-electron chi connectivity index (χ2n) is 5.24. The van der Waals surface area contributed by atoms with E-state index in [4.69, 9.17) is 0 Å². The molecule has 1 aromatic carbocycles. The van der Waals surface area contributed by atoms with Crippen LogP contribution in [-0.2, 0) is 19.1 Å². The molecule has 0 bridgehead atoms. The zero-order valence-corrected chi connectivity index (χ0v) is 13.3. The molecule has 1 fully saturated rings. The number of nitrogens with zero attached hydrogens (tertiary/aromatic N) is 1. The monoisotopic (exact) mass is 373 g/mol. The number of anilines is 1. The molecule has 1 aliphatic rings. The molecule has 0 unspecified atom stereocenters. The van der Waals surface area contributed by atoms with Crippen molar-refractivity contribution in [3.8, 4) is 0 Å². The summed E-state index contributed by atoms with van der Waals surface area (Å²) in [6.07, 6.45) is -0.0265. The van der Waals surface area contributed by atoms with Crippen LogP contribution in [0.15, 0.2) is 12.1 Å². The maximum atomic E-state index is 13.4. The van der Waals surface area contributed by atoms with E-state index < -0.39 is 53.6 Å². The third-order valence-electron chi connectivity index (χ3n) is 3.37. The number of carbonyl (C=O) groups is 4. The van der Waals surface area contributed by atoms with Crippen molar-refractivity contribution in [1.29, 1.82) is 0 Å². The maximum Gasteiger partial charge on any atom is 0.324 e. The largest absolute Gasteiger partial charge is 0.456 e. The number of urea groups is 1. The lowest BCUT2D eigenvalue weighted by Gasteiger charge is -2.11. The second-order valence-corrected chi connectivity index (χ2v) is 5.24. The van der Waals surface area contributed by atoms with Gasteiger partial charge in [0.2, 0.25) is 5.91 Å². The summed E-state index contributed by atoms with van der Waals surface area (Å²) in [6.45, 7) is -0.837. The molecular formula is C15H14F3N3O5. The average molecular weight is 373 g/mol. The Morgan fingerprint density at radius 1 is 1.19 bits per heavy atom. The van der Waals surface area contributed by atoms with Crippen LogP contribution in [0.3, 0.4) is 0 Å². The van der Waals surface area contributed by atoms with Crippen LogP contribution >= 0.6 is 0 Å². The van der Waals surface area contributed by atoms with E-state index in [0.29, 0.717) is 6.07 Å². The molecule has 2 N–H and O–H groups in total. The Bertz CT molecular complexity index is 740. The summed E-state index contributed by atoms with van der Waals surface area (Å²) in [4.78, 5) is 46.6. The van der Waals surface area contributed by atoms with Crippen LogP contribution < -0.4 is 10.6 Å². The van der Waals surface area contributed by atoms with Gasteiger partial charge in [-0.15, -0.1) is 0 Å². The fourth-order valence-corrected chi connectivity index (χ4v) is 2.09. The first kappa shape index (κ1) is 19.2. The number of hydrogen-bond acceptors (Lipinski definition) is 5. The summed E-state index contributed by atoms with van der Waals surface area (Å²) in [7, 11) is 0. The normalized spacial score (nSPS) is 13.6. The molecule has 2 rings (SSSR count). The highest BCUT2D eigenvalue weighted by atomic mass is 19.2. The van der Waals surface area contributed by atoms with Gasteiger partial charge in [0.05, 0.1) is 12.2 Å². The molecule has 1 heterocycles. The summed E-state index contributed by atoms with van der Waals surface area (Å²) in [6, 6.07) is 0.915. The first-order chi connectivity index (χ1) is 12.3. The van der Waals surface area contributed by atoms with Crippen LogP contribution in [-0.4, -0.2) is 48.4 Å². The molecule has 1 aliphatic heterocycles. The van der Waals surface area contributed by atoms with Gasteiger partial charge in [-0.05, 0) is 18.6 Å². The number of hydrogen-bond donors (Lipinski definition) is 2. The number of nitrogens with one attached hydrogen (secondary N) is 2. The molecule has 140 valence electrons. The lowest BCUT2D eigenvalue weighted by molar-refractivity contribution is -0.147. The Morgan fingerprint density at radius 3 is 2.58 bits per heavy atom. The van der Waals surface area contributed by atoms with Gasteiger partial charge in [-0.1, -0.05) is 0 Å². The molecule has 8 nitrogen and oxygen atoms in total. The minimum Gasteiger partial charge on any atom is -0.456 e. The molecule has 0 spiro atoms. The predicted octanol–water partition coefficient (Wildman–Crippen LogP) is 0.918. The lowest BCUT2D eigenvalue weighted by atomic mass is 10.2. The quantitative estimate of drug-likeness (QED) is 0.420. The number of imide groups is 1. The second kappa shape index (κ2) is 8.32. The summed E-state index contributed by atoms with van der Waals surface area (Å²) in [5, 5.41) is 4.26. The van der Waals surface area contributed by atoms with E-state index in [1.165, 1.54) is 0 Å². The minimum atomic E-state index is -1.74. The van der Waals surface area contributed by atoms with Gasteiger partial charge in [-0.25, -0.2) is 18.0 Å². The standard InChI is InChI=1S/C15H14F3N3O5/c16-8-3-4-9(14(18)13(8)17)20-10(22)7-26-12(24)2-1-5-21-11(23)6-19-15(21)25/h3-4H,1-2,5-7H2,(H,19,25)(H,20,22). The number of carbonyl (C=O) groups excluding carboxylic acids is 4. The molecule has 0 radical (unpaired) electrons. The fourth-order valence-electron chi connectivity index (χ4n) is 2.09. The van der Waals surface area contributed by atoms with Crippen LogP contribution in [0.4, 0.5) is 23.7 Å². The van der Waals surface area contributed by atoms with E-state index in [1.54, 1.807) is 0 Å². The van der Waals surface area contributed by atoms with Gasteiger partial charge in [0, 0.05) is 13.0 Å². The Kier molecular flexibility index (Phi) is 6.15. The molecule has 0 atom stereocenters. The van der Waals surface area contributed by atoms with Crippen molar-refractivity contribution in [1.82, 2.24) is 10.2 Å². The molecule has 0 aliphatic carbocycles. The van der Waals surface area contributed by atoms with Crippen LogP contribution in [0.1, 0.15) is 12.8 Å². The van der Waals surface area contributed by atoms with E-state index in [9.17, 15) is 32.3 Å². The SMILES string of the molecule is O=C(COC(=O)CCCN1C(=O)CNC1=O)Nc1ccc(F)c(F)c1F. The topological polar surface area (TPSA) is 105 Å².